The molecule has 1 aromatic carbocycles. The van der Waals surface area contributed by atoms with Crippen LogP contribution in [0.15, 0.2) is 18.2 Å². The molecule has 0 spiro atoms. The van der Waals surface area contributed by atoms with Gasteiger partial charge in [-0.15, -0.1) is 0 Å². The van der Waals surface area contributed by atoms with Gasteiger partial charge >= 0.3 is 6.03 Å². The average molecular weight is 346 g/mol. The first-order valence-corrected chi connectivity index (χ1v) is 8.93. The lowest BCUT2D eigenvalue weighted by atomic mass is 10.1. The third kappa shape index (κ3) is 4.29. The highest BCUT2D eigenvalue weighted by atomic mass is 16.2. The van der Waals surface area contributed by atoms with Crippen molar-refractivity contribution in [2.45, 2.75) is 26.3 Å². The van der Waals surface area contributed by atoms with Crippen molar-refractivity contribution in [1.29, 1.82) is 0 Å². The summed E-state index contributed by atoms with van der Waals surface area (Å²) in [5.41, 5.74) is 6.17. The Balaban J connectivity index is 1.53. The van der Waals surface area contributed by atoms with Gasteiger partial charge in [-0.05, 0) is 37.1 Å². The monoisotopic (exact) mass is 346 g/mol. The molecule has 7 heteroatoms. The van der Waals surface area contributed by atoms with E-state index in [2.05, 4.69) is 24.7 Å². The van der Waals surface area contributed by atoms with Crippen LogP contribution in [0.2, 0.25) is 0 Å². The van der Waals surface area contributed by atoms with Gasteiger partial charge in [0.15, 0.2) is 0 Å². The van der Waals surface area contributed by atoms with Crippen LogP contribution < -0.4 is 20.5 Å². The topological polar surface area (TPSA) is 69.1 Å². The van der Waals surface area contributed by atoms with Gasteiger partial charge in [0.25, 0.3) is 0 Å². The van der Waals surface area contributed by atoms with Gasteiger partial charge in [0.05, 0.1) is 39.3 Å². The molecule has 2 aliphatic heterocycles. The number of carbonyl (C=O) groups excluding carboxylic acids is 2. The standard InChI is InChI=1S/C18H27N5O2/c1-13-4-5-16(10-14(13)2)23-12-15(11-17(23)24)19-18(25)20-22-8-6-21(3)7-9-22/h4-5,10,15H,6-9,11-12H2,1-3H3,(H2,19,20,25)/p+1/t15-/m0/s1. The first-order valence-electron chi connectivity index (χ1n) is 8.93. The van der Waals surface area contributed by atoms with E-state index in [1.165, 1.54) is 10.5 Å². The number of urea groups is 1. The molecule has 2 aliphatic rings. The number of quaternary nitrogens is 1. The smallest absolute Gasteiger partial charge is 0.329 e. The number of anilines is 1. The Morgan fingerprint density at radius 1 is 1.20 bits per heavy atom. The van der Waals surface area contributed by atoms with E-state index >= 15 is 0 Å². The first-order chi connectivity index (χ1) is 11.9. The zero-order valence-corrected chi connectivity index (χ0v) is 15.3. The number of benzene rings is 1. The van der Waals surface area contributed by atoms with Crippen molar-refractivity contribution in [2.75, 3.05) is 44.7 Å². The summed E-state index contributed by atoms with van der Waals surface area (Å²) in [4.78, 5) is 27.8. The SMILES string of the molecule is Cc1ccc(N2C[C@@H](NC(=O)NN3CC[NH+](C)CC3)CC2=O)cc1C. The first kappa shape index (κ1) is 17.7. The van der Waals surface area contributed by atoms with Gasteiger partial charge in [-0.2, -0.15) is 0 Å². The van der Waals surface area contributed by atoms with Gasteiger partial charge in [0.1, 0.15) is 0 Å². The van der Waals surface area contributed by atoms with E-state index in [4.69, 9.17) is 0 Å². The highest BCUT2D eigenvalue weighted by Crippen LogP contribution is 2.24. The highest BCUT2D eigenvalue weighted by molar-refractivity contribution is 5.96. The number of nitrogens with one attached hydrogen (secondary N) is 3. The molecule has 1 aromatic rings. The number of hydrogen-bond donors (Lipinski definition) is 3. The van der Waals surface area contributed by atoms with Crippen molar-refractivity contribution >= 4 is 17.6 Å². The molecular formula is C18H28N5O2+. The Morgan fingerprint density at radius 2 is 1.92 bits per heavy atom. The maximum absolute atomic E-state index is 12.3. The molecule has 0 aliphatic carbocycles. The van der Waals surface area contributed by atoms with E-state index in [-0.39, 0.29) is 18.0 Å². The highest BCUT2D eigenvalue weighted by Gasteiger charge is 2.32. The molecule has 3 N–H and O–H groups in total. The predicted molar refractivity (Wildman–Crippen MR) is 96.5 cm³/mol. The summed E-state index contributed by atoms with van der Waals surface area (Å²) in [6.45, 7) is 8.34. The van der Waals surface area contributed by atoms with Gasteiger partial charge < -0.3 is 15.1 Å². The minimum absolute atomic E-state index is 0.0525. The summed E-state index contributed by atoms with van der Waals surface area (Å²) in [6.07, 6.45) is 0.341. The molecule has 2 heterocycles. The molecule has 0 unspecified atom stereocenters. The van der Waals surface area contributed by atoms with Gasteiger partial charge in [-0.25, -0.2) is 9.80 Å². The summed E-state index contributed by atoms with van der Waals surface area (Å²) in [5.74, 6) is 0.0525. The van der Waals surface area contributed by atoms with Gasteiger partial charge in [-0.1, -0.05) is 6.07 Å². The summed E-state index contributed by atoms with van der Waals surface area (Å²) in [7, 11) is 2.16. The zero-order chi connectivity index (χ0) is 18.0. The fraction of sp³-hybridized carbons (Fsp3) is 0.556. The van der Waals surface area contributed by atoms with E-state index in [1.54, 1.807) is 4.90 Å². The Bertz CT molecular complexity index is 655. The van der Waals surface area contributed by atoms with Crippen molar-refractivity contribution in [1.82, 2.24) is 15.8 Å². The number of rotatable bonds is 3. The molecular weight excluding hydrogens is 318 g/mol. The second kappa shape index (κ2) is 7.41. The van der Waals surface area contributed by atoms with Crippen LogP contribution in [0.5, 0.6) is 0 Å². The van der Waals surface area contributed by atoms with E-state index in [0.717, 1.165) is 37.4 Å². The van der Waals surface area contributed by atoms with Crippen molar-refractivity contribution in [3.8, 4) is 0 Å². The molecule has 3 rings (SSSR count). The molecule has 136 valence electrons. The number of piperazine rings is 1. The molecule has 25 heavy (non-hydrogen) atoms. The number of carbonyl (C=O) groups is 2. The molecule has 0 radical (unpaired) electrons. The lowest BCUT2D eigenvalue weighted by molar-refractivity contribution is -0.884. The number of aryl methyl sites for hydroxylation is 2. The van der Waals surface area contributed by atoms with Crippen molar-refractivity contribution in [3.63, 3.8) is 0 Å². The van der Waals surface area contributed by atoms with Crippen LogP contribution in [-0.2, 0) is 4.79 Å². The normalized spacial score (nSPS) is 22.3. The third-order valence-electron chi connectivity index (χ3n) is 5.14. The largest absolute Gasteiger partial charge is 0.335 e. The summed E-state index contributed by atoms with van der Waals surface area (Å²) in [5, 5.41) is 4.88. The second-order valence-electron chi connectivity index (χ2n) is 7.20. The predicted octanol–water partition coefficient (Wildman–Crippen LogP) is -0.547. The van der Waals surface area contributed by atoms with Crippen molar-refractivity contribution in [2.24, 2.45) is 0 Å². The zero-order valence-electron chi connectivity index (χ0n) is 15.3. The molecule has 2 saturated heterocycles. The van der Waals surface area contributed by atoms with Crippen LogP contribution in [0.25, 0.3) is 0 Å². The number of hydrogen-bond acceptors (Lipinski definition) is 3. The quantitative estimate of drug-likeness (QED) is 0.688. The molecule has 3 amide bonds. The van der Waals surface area contributed by atoms with Crippen molar-refractivity contribution in [3.05, 3.63) is 29.3 Å². The molecule has 0 saturated carbocycles. The number of amides is 3. The minimum Gasteiger partial charge on any atom is -0.335 e. The van der Waals surface area contributed by atoms with Crippen LogP contribution in [0.3, 0.4) is 0 Å². The van der Waals surface area contributed by atoms with Crippen LogP contribution in [0.1, 0.15) is 17.5 Å². The van der Waals surface area contributed by atoms with E-state index in [9.17, 15) is 9.59 Å². The second-order valence-corrected chi connectivity index (χ2v) is 7.20. The third-order valence-corrected chi connectivity index (χ3v) is 5.14. The lowest BCUT2D eigenvalue weighted by Gasteiger charge is -2.30. The van der Waals surface area contributed by atoms with E-state index in [1.807, 2.05) is 30.1 Å². The fourth-order valence-corrected chi connectivity index (χ4v) is 3.31. The number of hydrazine groups is 1. The Labute approximate surface area is 148 Å². The van der Waals surface area contributed by atoms with Gasteiger partial charge in [0.2, 0.25) is 5.91 Å². The minimum atomic E-state index is -0.223. The van der Waals surface area contributed by atoms with Crippen LogP contribution in [0.4, 0.5) is 10.5 Å². The Hall–Kier alpha value is -2.12. The van der Waals surface area contributed by atoms with E-state index < -0.39 is 0 Å². The van der Waals surface area contributed by atoms with Crippen LogP contribution in [0, 0.1) is 13.8 Å². The number of nitrogens with zero attached hydrogens (tertiary/aromatic N) is 2. The van der Waals surface area contributed by atoms with Crippen molar-refractivity contribution < 1.29 is 14.5 Å². The van der Waals surface area contributed by atoms with Gasteiger partial charge in [-0.3, -0.25) is 10.2 Å². The average Bonchev–Trinajstić information content (AvgIpc) is 2.92. The molecule has 2 fully saturated rings. The maximum atomic E-state index is 12.3. The van der Waals surface area contributed by atoms with Gasteiger partial charge in [0, 0.05) is 18.7 Å². The fourth-order valence-electron chi connectivity index (χ4n) is 3.31. The van der Waals surface area contributed by atoms with Crippen LogP contribution >= 0.6 is 0 Å². The lowest BCUT2D eigenvalue weighted by Crippen LogP contribution is -3.12. The Kier molecular flexibility index (Phi) is 5.24. The molecule has 1 atom stereocenters. The molecule has 7 nitrogen and oxygen atoms in total. The summed E-state index contributed by atoms with van der Waals surface area (Å²) in [6, 6.07) is 5.64. The maximum Gasteiger partial charge on any atom is 0.329 e. The van der Waals surface area contributed by atoms with Crippen LogP contribution in [-0.4, -0.2) is 62.8 Å². The van der Waals surface area contributed by atoms with E-state index in [0.29, 0.717) is 13.0 Å². The molecule has 0 bridgehead atoms. The summed E-state index contributed by atoms with van der Waals surface area (Å²) < 4.78 is 0. The Morgan fingerprint density at radius 3 is 2.60 bits per heavy atom. The molecule has 0 aromatic heterocycles. The number of likely N-dealkylation sites (N-methyl/N-ethyl adjacent to an activating group) is 1. The summed E-state index contributed by atoms with van der Waals surface area (Å²) >= 11 is 0.